The molecule has 1 aromatic rings. The zero-order valence-electron chi connectivity index (χ0n) is 10.5. The Morgan fingerprint density at radius 2 is 1.88 bits per heavy atom. The zero-order chi connectivity index (χ0) is 11.9. The number of hydrogen-bond acceptors (Lipinski definition) is 2. The summed E-state index contributed by atoms with van der Waals surface area (Å²) in [6.07, 6.45) is 7.72. The van der Waals surface area contributed by atoms with Crippen LogP contribution in [0.1, 0.15) is 37.7 Å². The number of hydrogen-bond donors (Lipinski definition) is 1. The van der Waals surface area contributed by atoms with Crippen LogP contribution in [0, 0.1) is 5.92 Å². The van der Waals surface area contributed by atoms with E-state index in [1.807, 2.05) is 6.07 Å². The van der Waals surface area contributed by atoms with Gasteiger partial charge in [0, 0.05) is 0 Å². The Hall–Kier alpha value is -1.02. The summed E-state index contributed by atoms with van der Waals surface area (Å²) in [4.78, 5) is 0. The van der Waals surface area contributed by atoms with Crippen molar-refractivity contribution in [2.75, 3.05) is 13.2 Å². The van der Waals surface area contributed by atoms with E-state index in [9.17, 15) is 0 Å². The molecule has 17 heavy (non-hydrogen) atoms. The first-order valence-electron chi connectivity index (χ1n) is 6.81. The second kappa shape index (κ2) is 6.65. The van der Waals surface area contributed by atoms with Crippen LogP contribution in [0.4, 0.5) is 0 Å². The van der Waals surface area contributed by atoms with Crippen LogP contribution < -0.4 is 10.5 Å². The van der Waals surface area contributed by atoms with Crippen molar-refractivity contribution in [3.63, 3.8) is 0 Å². The van der Waals surface area contributed by atoms with Gasteiger partial charge in [-0.2, -0.15) is 0 Å². The van der Waals surface area contributed by atoms with Crippen LogP contribution >= 0.6 is 0 Å². The Labute approximate surface area is 104 Å². The molecule has 0 aromatic heterocycles. The standard InChI is InChI=1S/C15H23NO/c16-11-10-14-8-4-5-9-15(14)17-12-13-6-2-1-3-7-13/h4-5,8-9,13H,1-3,6-7,10-12,16H2. The molecule has 2 nitrogen and oxygen atoms in total. The van der Waals surface area contributed by atoms with Crippen molar-refractivity contribution in [2.45, 2.75) is 38.5 Å². The molecule has 1 aromatic carbocycles. The molecular weight excluding hydrogens is 210 g/mol. The largest absolute Gasteiger partial charge is 0.493 e. The SMILES string of the molecule is NCCc1ccccc1OCC1CCCCC1. The van der Waals surface area contributed by atoms with Crippen molar-refractivity contribution in [3.8, 4) is 5.75 Å². The topological polar surface area (TPSA) is 35.2 Å². The average molecular weight is 233 g/mol. The van der Waals surface area contributed by atoms with Crippen LogP contribution in [0.15, 0.2) is 24.3 Å². The van der Waals surface area contributed by atoms with Gasteiger partial charge in [-0.3, -0.25) is 0 Å². The average Bonchev–Trinajstić information content (AvgIpc) is 2.39. The third-order valence-electron chi connectivity index (χ3n) is 3.59. The highest BCUT2D eigenvalue weighted by molar-refractivity contribution is 5.33. The number of nitrogens with two attached hydrogens (primary N) is 1. The van der Waals surface area contributed by atoms with Gasteiger partial charge in [0.05, 0.1) is 6.61 Å². The van der Waals surface area contributed by atoms with E-state index in [-0.39, 0.29) is 0 Å². The van der Waals surface area contributed by atoms with Crippen molar-refractivity contribution >= 4 is 0 Å². The molecule has 0 heterocycles. The lowest BCUT2D eigenvalue weighted by Gasteiger charge is -2.22. The molecule has 2 rings (SSSR count). The molecule has 0 radical (unpaired) electrons. The van der Waals surface area contributed by atoms with Crippen LogP contribution in [0.5, 0.6) is 5.75 Å². The van der Waals surface area contributed by atoms with Crippen molar-refractivity contribution in [1.82, 2.24) is 0 Å². The lowest BCUT2D eigenvalue weighted by molar-refractivity contribution is 0.207. The van der Waals surface area contributed by atoms with Crippen molar-refractivity contribution in [3.05, 3.63) is 29.8 Å². The molecule has 0 bridgehead atoms. The lowest BCUT2D eigenvalue weighted by Crippen LogP contribution is -2.16. The molecule has 0 aliphatic heterocycles. The molecular formula is C15H23NO. The Kier molecular flexibility index (Phi) is 4.87. The molecule has 0 spiro atoms. The van der Waals surface area contributed by atoms with E-state index in [0.717, 1.165) is 24.7 Å². The van der Waals surface area contributed by atoms with Crippen LogP contribution in [-0.2, 0) is 6.42 Å². The predicted octanol–water partition coefficient (Wildman–Crippen LogP) is 3.15. The Bertz CT molecular complexity index is 331. The molecule has 2 heteroatoms. The maximum atomic E-state index is 5.97. The first kappa shape index (κ1) is 12.4. The molecule has 1 saturated carbocycles. The minimum atomic E-state index is 0.684. The highest BCUT2D eigenvalue weighted by Crippen LogP contribution is 2.25. The molecule has 2 N–H and O–H groups in total. The second-order valence-corrected chi connectivity index (χ2v) is 4.96. The maximum Gasteiger partial charge on any atom is 0.122 e. The predicted molar refractivity (Wildman–Crippen MR) is 71.3 cm³/mol. The summed E-state index contributed by atoms with van der Waals surface area (Å²) < 4.78 is 5.97. The fourth-order valence-electron chi connectivity index (χ4n) is 2.57. The number of ether oxygens (including phenoxy) is 1. The summed E-state index contributed by atoms with van der Waals surface area (Å²) in [7, 11) is 0. The minimum Gasteiger partial charge on any atom is -0.493 e. The lowest BCUT2D eigenvalue weighted by atomic mass is 9.90. The van der Waals surface area contributed by atoms with E-state index in [1.165, 1.54) is 37.7 Å². The third-order valence-corrected chi connectivity index (χ3v) is 3.59. The number of benzene rings is 1. The van der Waals surface area contributed by atoms with E-state index in [2.05, 4.69) is 18.2 Å². The molecule has 1 aliphatic rings. The van der Waals surface area contributed by atoms with Crippen molar-refractivity contribution < 1.29 is 4.74 Å². The maximum absolute atomic E-state index is 5.97. The van der Waals surface area contributed by atoms with Crippen LogP contribution in [-0.4, -0.2) is 13.2 Å². The van der Waals surface area contributed by atoms with Gasteiger partial charge in [0.25, 0.3) is 0 Å². The Morgan fingerprint density at radius 1 is 1.12 bits per heavy atom. The van der Waals surface area contributed by atoms with Gasteiger partial charge < -0.3 is 10.5 Å². The van der Waals surface area contributed by atoms with Gasteiger partial charge in [0.1, 0.15) is 5.75 Å². The number of para-hydroxylation sites is 1. The molecule has 1 fully saturated rings. The van der Waals surface area contributed by atoms with Crippen molar-refractivity contribution in [1.29, 1.82) is 0 Å². The van der Waals surface area contributed by atoms with Crippen LogP contribution in [0.25, 0.3) is 0 Å². The Morgan fingerprint density at radius 3 is 2.65 bits per heavy atom. The highest BCUT2D eigenvalue weighted by Gasteiger charge is 2.14. The van der Waals surface area contributed by atoms with Gasteiger partial charge in [-0.05, 0) is 43.4 Å². The van der Waals surface area contributed by atoms with Gasteiger partial charge >= 0.3 is 0 Å². The summed E-state index contributed by atoms with van der Waals surface area (Å²) in [5.74, 6) is 1.79. The van der Waals surface area contributed by atoms with Gasteiger partial charge in [0.15, 0.2) is 0 Å². The number of rotatable bonds is 5. The molecule has 0 amide bonds. The fourth-order valence-corrected chi connectivity index (χ4v) is 2.57. The van der Waals surface area contributed by atoms with Gasteiger partial charge in [-0.25, -0.2) is 0 Å². The summed E-state index contributed by atoms with van der Waals surface area (Å²) in [6.45, 7) is 1.56. The second-order valence-electron chi connectivity index (χ2n) is 4.96. The van der Waals surface area contributed by atoms with E-state index in [1.54, 1.807) is 0 Å². The normalized spacial score (nSPS) is 17.0. The van der Waals surface area contributed by atoms with Gasteiger partial charge in [-0.15, -0.1) is 0 Å². The molecule has 0 saturated heterocycles. The third kappa shape index (κ3) is 3.74. The van der Waals surface area contributed by atoms with E-state index >= 15 is 0 Å². The van der Waals surface area contributed by atoms with E-state index in [0.29, 0.717) is 6.54 Å². The van der Waals surface area contributed by atoms with Gasteiger partial charge in [0.2, 0.25) is 0 Å². The minimum absolute atomic E-state index is 0.684. The fraction of sp³-hybridized carbons (Fsp3) is 0.600. The Balaban J connectivity index is 1.88. The van der Waals surface area contributed by atoms with E-state index in [4.69, 9.17) is 10.5 Å². The molecule has 1 aliphatic carbocycles. The van der Waals surface area contributed by atoms with Crippen LogP contribution in [0.3, 0.4) is 0 Å². The summed E-state index contributed by atoms with van der Waals surface area (Å²) >= 11 is 0. The smallest absolute Gasteiger partial charge is 0.122 e. The van der Waals surface area contributed by atoms with Crippen molar-refractivity contribution in [2.24, 2.45) is 11.7 Å². The van der Waals surface area contributed by atoms with Crippen LogP contribution in [0.2, 0.25) is 0 Å². The molecule has 0 unspecified atom stereocenters. The van der Waals surface area contributed by atoms with Gasteiger partial charge in [-0.1, -0.05) is 37.5 Å². The summed E-state index contributed by atoms with van der Waals surface area (Å²) in [5.41, 5.74) is 6.85. The summed E-state index contributed by atoms with van der Waals surface area (Å²) in [6, 6.07) is 8.27. The monoisotopic (exact) mass is 233 g/mol. The first-order chi connectivity index (χ1) is 8.40. The highest BCUT2D eigenvalue weighted by atomic mass is 16.5. The molecule has 94 valence electrons. The first-order valence-corrected chi connectivity index (χ1v) is 6.81. The zero-order valence-corrected chi connectivity index (χ0v) is 10.5. The quantitative estimate of drug-likeness (QED) is 0.848. The van der Waals surface area contributed by atoms with E-state index < -0.39 is 0 Å². The molecule has 0 atom stereocenters. The summed E-state index contributed by atoms with van der Waals surface area (Å²) in [5, 5.41) is 0.